The molecule has 0 aromatic heterocycles. The molecule has 1 amide bonds. The average Bonchev–Trinajstić information content (AvgIpc) is 3.43. The van der Waals surface area contributed by atoms with E-state index in [1.165, 1.54) is 0 Å². The van der Waals surface area contributed by atoms with Gasteiger partial charge in [0.15, 0.2) is 23.0 Å². The molecule has 35 heavy (non-hydrogen) atoms. The molecule has 2 unspecified atom stereocenters. The number of fused-ring (bicyclic) bond motifs is 3. The summed E-state index contributed by atoms with van der Waals surface area (Å²) in [5.74, 6) is 2.27. The molecule has 8 heteroatoms. The number of nitrogens with two attached hydrogens (primary N) is 1. The van der Waals surface area contributed by atoms with Crippen molar-refractivity contribution < 1.29 is 23.7 Å². The van der Waals surface area contributed by atoms with Crippen LogP contribution >= 0.6 is 0 Å². The zero-order chi connectivity index (χ0) is 24.7. The first-order valence-electron chi connectivity index (χ1n) is 11.2. The van der Waals surface area contributed by atoms with Crippen molar-refractivity contribution in [3.63, 3.8) is 0 Å². The van der Waals surface area contributed by atoms with E-state index in [4.69, 9.17) is 29.8 Å². The number of hydrogen-bond acceptors (Lipinski definition) is 7. The average molecular weight is 474 g/mol. The third kappa shape index (κ3) is 3.71. The second-order valence-electron chi connectivity index (χ2n) is 8.49. The highest BCUT2D eigenvalue weighted by Gasteiger charge is 2.46. The van der Waals surface area contributed by atoms with E-state index in [1.54, 1.807) is 57.7 Å². The lowest BCUT2D eigenvalue weighted by Crippen LogP contribution is -2.31. The van der Waals surface area contributed by atoms with Gasteiger partial charge in [-0.25, -0.2) is 5.01 Å². The minimum atomic E-state index is -0.334. The Morgan fingerprint density at radius 3 is 2.14 bits per heavy atom. The molecule has 1 aliphatic heterocycles. The Morgan fingerprint density at radius 2 is 1.49 bits per heavy atom. The summed E-state index contributed by atoms with van der Waals surface area (Å²) >= 11 is 0. The molecule has 0 saturated carbocycles. The topological polar surface area (TPSA) is 95.6 Å². The summed E-state index contributed by atoms with van der Waals surface area (Å²) in [6.45, 7) is 0. The first-order valence-corrected chi connectivity index (χ1v) is 11.2. The van der Waals surface area contributed by atoms with Crippen LogP contribution in [0, 0.1) is 5.92 Å². The van der Waals surface area contributed by atoms with Crippen LogP contribution in [0.2, 0.25) is 0 Å². The van der Waals surface area contributed by atoms with E-state index in [0.29, 0.717) is 40.7 Å². The Labute approximate surface area is 203 Å². The van der Waals surface area contributed by atoms with Crippen molar-refractivity contribution in [2.45, 2.75) is 12.5 Å². The Kier molecular flexibility index (Phi) is 5.72. The lowest BCUT2D eigenvalue weighted by Gasteiger charge is -2.27. The Balaban J connectivity index is 1.63. The third-order valence-corrected chi connectivity index (χ3v) is 6.65. The van der Waals surface area contributed by atoms with Crippen LogP contribution in [0.15, 0.2) is 59.7 Å². The quantitative estimate of drug-likeness (QED) is 0.542. The van der Waals surface area contributed by atoms with Crippen LogP contribution < -0.4 is 24.7 Å². The molecule has 1 aliphatic carbocycles. The van der Waals surface area contributed by atoms with Gasteiger partial charge in [0.1, 0.15) is 0 Å². The zero-order valence-corrected chi connectivity index (χ0v) is 20.1. The van der Waals surface area contributed by atoms with Crippen molar-refractivity contribution in [1.82, 2.24) is 5.01 Å². The normalized spacial score (nSPS) is 17.9. The van der Waals surface area contributed by atoms with Crippen LogP contribution in [0.25, 0.3) is 0 Å². The fraction of sp³-hybridized carbons (Fsp3) is 0.259. The number of anilines is 1. The van der Waals surface area contributed by atoms with Gasteiger partial charge in [-0.2, -0.15) is 5.10 Å². The maximum atomic E-state index is 13.7. The number of amides is 1. The van der Waals surface area contributed by atoms with Crippen LogP contribution in [0.4, 0.5) is 5.69 Å². The maximum absolute atomic E-state index is 13.7. The summed E-state index contributed by atoms with van der Waals surface area (Å²) in [5, 5.41) is 6.45. The fourth-order valence-corrected chi connectivity index (χ4v) is 4.94. The third-order valence-electron chi connectivity index (χ3n) is 6.65. The van der Waals surface area contributed by atoms with E-state index in [-0.39, 0.29) is 17.9 Å². The van der Waals surface area contributed by atoms with Crippen LogP contribution in [0.5, 0.6) is 23.0 Å². The van der Waals surface area contributed by atoms with Crippen LogP contribution in [-0.2, 0) is 6.42 Å². The van der Waals surface area contributed by atoms with Gasteiger partial charge in [-0.3, -0.25) is 4.79 Å². The van der Waals surface area contributed by atoms with Crippen LogP contribution in [0.1, 0.15) is 33.1 Å². The molecule has 0 saturated heterocycles. The molecule has 0 fully saturated rings. The minimum Gasteiger partial charge on any atom is -0.493 e. The number of ether oxygens (including phenoxy) is 4. The van der Waals surface area contributed by atoms with Crippen molar-refractivity contribution in [3.8, 4) is 23.0 Å². The molecule has 0 radical (unpaired) electrons. The number of benzene rings is 3. The lowest BCUT2D eigenvalue weighted by molar-refractivity contribution is 0.0684. The van der Waals surface area contributed by atoms with Gasteiger partial charge in [-0.05, 0) is 66.1 Å². The number of methoxy groups -OCH3 is 4. The zero-order valence-electron chi connectivity index (χ0n) is 20.1. The SMILES string of the molecule is COc1ccc(C2C3Cc4cc(OC)c(OC)cc4C3=NN2C(=O)c2ccc(N)cc2)cc1OC. The largest absolute Gasteiger partial charge is 0.493 e. The van der Waals surface area contributed by atoms with Crippen molar-refractivity contribution in [1.29, 1.82) is 0 Å². The minimum absolute atomic E-state index is 0.0438. The van der Waals surface area contributed by atoms with E-state index in [0.717, 1.165) is 22.4 Å². The molecule has 3 aromatic rings. The molecule has 180 valence electrons. The van der Waals surface area contributed by atoms with Gasteiger partial charge in [-0.1, -0.05) is 6.07 Å². The van der Waals surface area contributed by atoms with Gasteiger partial charge in [0.05, 0.1) is 40.2 Å². The fourth-order valence-electron chi connectivity index (χ4n) is 4.94. The van der Waals surface area contributed by atoms with Crippen LogP contribution in [-0.4, -0.2) is 45.1 Å². The number of hydrogen-bond donors (Lipinski definition) is 1. The molecule has 2 atom stereocenters. The molecule has 0 bridgehead atoms. The molecular weight excluding hydrogens is 446 g/mol. The second kappa shape index (κ2) is 8.87. The molecule has 3 aromatic carbocycles. The van der Waals surface area contributed by atoms with Crippen LogP contribution in [0.3, 0.4) is 0 Å². The summed E-state index contributed by atoms with van der Waals surface area (Å²) in [4.78, 5) is 13.7. The number of carbonyl (C=O) groups excluding carboxylic acids is 1. The van der Waals surface area contributed by atoms with E-state index < -0.39 is 0 Å². The summed E-state index contributed by atoms with van der Waals surface area (Å²) in [6.07, 6.45) is 0.707. The summed E-state index contributed by atoms with van der Waals surface area (Å²) in [6, 6.07) is 16.2. The van der Waals surface area contributed by atoms with Gasteiger partial charge in [0.2, 0.25) is 0 Å². The predicted molar refractivity (Wildman–Crippen MR) is 133 cm³/mol. The first-order chi connectivity index (χ1) is 17.0. The second-order valence-corrected chi connectivity index (χ2v) is 8.49. The maximum Gasteiger partial charge on any atom is 0.274 e. The van der Waals surface area contributed by atoms with Crippen molar-refractivity contribution in [2.24, 2.45) is 11.0 Å². The smallest absolute Gasteiger partial charge is 0.274 e. The number of nitrogens with zero attached hydrogens (tertiary/aromatic N) is 2. The monoisotopic (exact) mass is 473 g/mol. The molecule has 5 rings (SSSR count). The molecule has 8 nitrogen and oxygen atoms in total. The Bertz CT molecular complexity index is 1320. The molecule has 0 spiro atoms. The summed E-state index contributed by atoms with van der Waals surface area (Å²) in [7, 11) is 6.42. The highest BCUT2D eigenvalue weighted by molar-refractivity contribution is 6.10. The van der Waals surface area contributed by atoms with Crippen molar-refractivity contribution >= 4 is 17.3 Å². The number of carbonyl (C=O) groups is 1. The standard InChI is InChI=1S/C27H27N3O5/c1-32-21-10-7-16(12-22(21)33-2)26-20-11-17-13-23(34-3)24(35-4)14-19(17)25(20)29-30(26)27(31)15-5-8-18(28)9-6-15/h5-10,12-14,20,26H,11,28H2,1-4H3. The van der Waals surface area contributed by atoms with Gasteiger partial charge >= 0.3 is 0 Å². The predicted octanol–water partition coefficient (Wildman–Crippen LogP) is 4.08. The molecular formula is C27H27N3O5. The van der Waals surface area contributed by atoms with E-state index in [9.17, 15) is 4.79 Å². The van der Waals surface area contributed by atoms with Gasteiger partial charge < -0.3 is 24.7 Å². The molecule has 1 heterocycles. The molecule has 2 N–H and O–H groups in total. The Hall–Kier alpha value is -4.20. The van der Waals surface area contributed by atoms with Gasteiger partial charge in [0.25, 0.3) is 5.91 Å². The van der Waals surface area contributed by atoms with Gasteiger partial charge in [-0.15, -0.1) is 0 Å². The number of rotatable bonds is 6. The van der Waals surface area contributed by atoms with E-state index in [2.05, 4.69) is 0 Å². The first kappa shape index (κ1) is 22.6. The van der Waals surface area contributed by atoms with E-state index in [1.807, 2.05) is 30.3 Å². The Morgan fingerprint density at radius 1 is 0.857 bits per heavy atom. The molecule has 2 aliphatic rings. The highest BCUT2D eigenvalue weighted by atomic mass is 16.5. The highest BCUT2D eigenvalue weighted by Crippen LogP contribution is 2.48. The summed E-state index contributed by atoms with van der Waals surface area (Å²) < 4.78 is 22.0. The number of nitrogen functional groups attached to an aromatic ring is 1. The van der Waals surface area contributed by atoms with E-state index >= 15 is 0 Å². The van der Waals surface area contributed by atoms with Crippen molar-refractivity contribution in [3.05, 3.63) is 76.9 Å². The lowest BCUT2D eigenvalue weighted by atomic mass is 9.89. The van der Waals surface area contributed by atoms with Gasteiger partial charge in [0, 0.05) is 22.7 Å². The van der Waals surface area contributed by atoms with Crippen molar-refractivity contribution in [2.75, 3.05) is 34.2 Å². The summed E-state index contributed by atoms with van der Waals surface area (Å²) in [5.41, 5.74) is 10.8. The number of hydrazone groups is 1.